The van der Waals surface area contributed by atoms with Crippen LogP contribution in [0.2, 0.25) is 15.1 Å². The molecule has 1 fully saturated rings. The fourth-order valence-corrected chi connectivity index (χ4v) is 3.26. The molecule has 0 heterocycles. The second-order valence-corrected chi connectivity index (χ2v) is 7.90. The summed E-state index contributed by atoms with van der Waals surface area (Å²) in [6.45, 7) is 6.15. The number of aliphatic imine (C=N–C) groups is 2. The topological polar surface area (TPSA) is 107 Å². The molecule has 1 unspecified atom stereocenters. The first kappa shape index (κ1) is 23.9. The fraction of sp³-hybridized carbons (Fsp3) is 0.300. The zero-order valence-electron chi connectivity index (χ0n) is 16.4. The number of amides is 1. The van der Waals surface area contributed by atoms with Crippen LogP contribution in [-0.4, -0.2) is 41.8 Å². The van der Waals surface area contributed by atoms with Gasteiger partial charge >= 0.3 is 0 Å². The Morgan fingerprint density at radius 2 is 2.03 bits per heavy atom. The van der Waals surface area contributed by atoms with Crippen molar-refractivity contribution in [1.82, 2.24) is 10.2 Å². The van der Waals surface area contributed by atoms with Gasteiger partial charge in [0.15, 0.2) is 0 Å². The lowest BCUT2D eigenvalue weighted by molar-refractivity contribution is 0.0724. The molecule has 1 saturated carbocycles. The zero-order chi connectivity index (χ0) is 22.3. The number of amidine groups is 1. The monoisotopic (exact) mass is 468 g/mol. The van der Waals surface area contributed by atoms with Crippen molar-refractivity contribution in [2.75, 3.05) is 6.54 Å². The summed E-state index contributed by atoms with van der Waals surface area (Å²) in [4.78, 5) is 23.1. The first-order chi connectivity index (χ1) is 14.3. The number of nitrogens with one attached hydrogen (secondary N) is 2. The van der Waals surface area contributed by atoms with Crippen LogP contribution < -0.4 is 11.1 Å². The lowest BCUT2D eigenvalue weighted by Crippen LogP contribution is -2.48. The molecule has 30 heavy (non-hydrogen) atoms. The largest absolute Gasteiger partial charge is 0.405 e. The highest BCUT2D eigenvalue weighted by molar-refractivity contribution is 6.48. The highest BCUT2D eigenvalue weighted by Crippen LogP contribution is 2.34. The van der Waals surface area contributed by atoms with E-state index in [4.69, 9.17) is 45.9 Å². The standard InChI is InChI=1S/C20H23Cl3N6O/c1-12(19(27-11-25)28-13(2)26-7-3-6-24)29(10-14-4-5-14)20(30)15-8-16(21)18(23)17(22)9-15/h3,6-9,11-12,14H,2,4-5,10,24H2,1H3,(H2,25,27,28)/b6-3-,26-7-. The smallest absolute Gasteiger partial charge is 0.254 e. The molecule has 1 aromatic rings. The summed E-state index contributed by atoms with van der Waals surface area (Å²) < 4.78 is 0. The number of nitrogens with two attached hydrogens (primary N) is 1. The average molecular weight is 470 g/mol. The Morgan fingerprint density at radius 1 is 1.40 bits per heavy atom. The number of nitrogens with zero attached hydrogens (tertiary/aromatic N) is 3. The minimum absolute atomic E-state index is 0.199. The van der Waals surface area contributed by atoms with Crippen molar-refractivity contribution in [3.63, 3.8) is 0 Å². The maximum atomic E-state index is 13.3. The SMILES string of the molecule is C=C(/N=C\C=C/N)N/C(=N\C=N)C(C)N(CC1CC1)C(=O)c1cc(Cl)c(Cl)c(Cl)c1. The Morgan fingerprint density at radius 3 is 2.57 bits per heavy atom. The first-order valence-electron chi connectivity index (χ1n) is 9.17. The lowest BCUT2D eigenvalue weighted by Gasteiger charge is -2.31. The zero-order valence-corrected chi connectivity index (χ0v) is 18.7. The van der Waals surface area contributed by atoms with Crippen molar-refractivity contribution in [3.8, 4) is 0 Å². The lowest BCUT2D eigenvalue weighted by atomic mass is 10.1. The molecule has 1 amide bonds. The molecule has 0 aromatic heterocycles. The van der Waals surface area contributed by atoms with Gasteiger partial charge in [-0.05, 0) is 50.1 Å². The van der Waals surface area contributed by atoms with Crippen LogP contribution in [0.1, 0.15) is 30.1 Å². The molecule has 0 bridgehead atoms. The van der Waals surface area contributed by atoms with E-state index in [1.54, 1.807) is 11.0 Å². The predicted molar refractivity (Wildman–Crippen MR) is 125 cm³/mol. The van der Waals surface area contributed by atoms with Gasteiger partial charge in [-0.2, -0.15) is 0 Å². The Balaban J connectivity index is 2.31. The molecule has 0 radical (unpaired) electrons. The quantitative estimate of drug-likeness (QED) is 0.281. The van der Waals surface area contributed by atoms with Crippen LogP contribution in [0.25, 0.3) is 0 Å². The number of benzene rings is 1. The number of hydrogen-bond donors (Lipinski definition) is 3. The normalized spacial score (nSPS) is 15.4. The number of halogens is 3. The minimum Gasteiger partial charge on any atom is -0.405 e. The number of rotatable bonds is 9. The molecule has 0 aliphatic heterocycles. The molecular weight excluding hydrogens is 447 g/mol. The highest BCUT2D eigenvalue weighted by atomic mass is 35.5. The summed E-state index contributed by atoms with van der Waals surface area (Å²) in [5.41, 5.74) is 5.60. The van der Waals surface area contributed by atoms with Crippen LogP contribution in [0.5, 0.6) is 0 Å². The molecule has 4 N–H and O–H groups in total. The molecule has 7 nitrogen and oxygen atoms in total. The molecular formula is C20H23Cl3N6O. The van der Waals surface area contributed by atoms with Crippen LogP contribution in [0.3, 0.4) is 0 Å². The number of hydrogen-bond acceptors (Lipinski definition) is 4. The van der Waals surface area contributed by atoms with Crippen molar-refractivity contribution in [1.29, 1.82) is 5.41 Å². The van der Waals surface area contributed by atoms with Gasteiger partial charge in [0.2, 0.25) is 0 Å². The minimum atomic E-state index is -0.495. The van der Waals surface area contributed by atoms with Crippen molar-refractivity contribution in [2.24, 2.45) is 21.6 Å². The predicted octanol–water partition coefficient (Wildman–Crippen LogP) is 4.50. The van der Waals surface area contributed by atoms with Gasteiger partial charge in [0.05, 0.1) is 21.1 Å². The third-order valence-electron chi connectivity index (χ3n) is 4.41. The van der Waals surface area contributed by atoms with Crippen LogP contribution in [-0.2, 0) is 0 Å². The van der Waals surface area contributed by atoms with Gasteiger partial charge in [0.1, 0.15) is 18.0 Å². The molecule has 0 spiro atoms. The van der Waals surface area contributed by atoms with Crippen LogP contribution in [0, 0.1) is 11.3 Å². The molecule has 10 heteroatoms. The van der Waals surface area contributed by atoms with E-state index in [9.17, 15) is 4.79 Å². The van der Waals surface area contributed by atoms with Crippen LogP contribution in [0.15, 0.2) is 46.8 Å². The van der Waals surface area contributed by atoms with Gasteiger partial charge in [-0.15, -0.1) is 0 Å². The fourth-order valence-electron chi connectivity index (χ4n) is 2.66. The summed E-state index contributed by atoms with van der Waals surface area (Å²) in [5.74, 6) is 0.780. The van der Waals surface area contributed by atoms with E-state index in [1.165, 1.54) is 24.5 Å². The van der Waals surface area contributed by atoms with E-state index in [2.05, 4.69) is 21.9 Å². The summed E-state index contributed by atoms with van der Waals surface area (Å²) in [5, 5.41) is 10.9. The highest BCUT2D eigenvalue weighted by Gasteiger charge is 2.32. The third-order valence-corrected chi connectivity index (χ3v) is 5.61. The molecule has 0 saturated heterocycles. The summed E-state index contributed by atoms with van der Waals surface area (Å²) in [6, 6.07) is 2.49. The third kappa shape index (κ3) is 6.58. The maximum Gasteiger partial charge on any atom is 0.254 e. The van der Waals surface area contributed by atoms with Gasteiger partial charge in [0, 0.05) is 18.3 Å². The van der Waals surface area contributed by atoms with Gasteiger partial charge < -0.3 is 16.0 Å². The van der Waals surface area contributed by atoms with E-state index in [0.29, 0.717) is 23.9 Å². The molecule has 1 aromatic carbocycles. The molecule has 1 atom stereocenters. The van der Waals surface area contributed by atoms with E-state index < -0.39 is 6.04 Å². The van der Waals surface area contributed by atoms with Crippen molar-refractivity contribution in [2.45, 2.75) is 25.8 Å². The van der Waals surface area contributed by atoms with E-state index in [1.807, 2.05) is 6.92 Å². The number of allylic oxidation sites excluding steroid dienone is 1. The van der Waals surface area contributed by atoms with Crippen LogP contribution >= 0.6 is 34.8 Å². The summed E-state index contributed by atoms with van der Waals surface area (Å²) >= 11 is 18.2. The van der Waals surface area contributed by atoms with Crippen molar-refractivity contribution < 1.29 is 4.79 Å². The Kier molecular flexibility index (Phi) is 8.89. The van der Waals surface area contributed by atoms with Crippen molar-refractivity contribution in [3.05, 3.63) is 57.4 Å². The number of carbonyl (C=O) groups is 1. The number of carbonyl (C=O) groups excluding carboxylic acids is 1. The average Bonchev–Trinajstić information content (AvgIpc) is 3.53. The summed E-state index contributed by atoms with van der Waals surface area (Å²) in [7, 11) is 0. The van der Waals surface area contributed by atoms with E-state index >= 15 is 0 Å². The first-order valence-corrected chi connectivity index (χ1v) is 10.3. The molecule has 1 aliphatic rings. The van der Waals surface area contributed by atoms with Crippen LogP contribution in [0.4, 0.5) is 0 Å². The van der Waals surface area contributed by atoms with E-state index in [0.717, 1.165) is 19.2 Å². The van der Waals surface area contributed by atoms with Gasteiger partial charge in [-0.3, -0.25) is 10.2 Å². The Hall–Kier alpha value is -2.35. The van der Waals surface area contributed by atoms with E-state index in [-0.39, 0.29) is 26.8 Å². The maximum absolute atomic E-state index is 13.3. The second kappa shape index (κ2) is 11.2. The van der Waals surface area contributed by atoms with Gasteiger partial charge in [-0.25, -0.2) is 9.98 Å². The molecule has 2 rings (SSSR count). The van der Waals surface area contributed by atoms with Gasteiger partial charge in [-0.1, -0.05) is 41.4 Å². The Labute approximate surface area is 190 Å². The Bertz CT molecular complexity index is 885. The summed E-state index contributed by atoms with van der Waals surface area (Å²) in [6.07, 6.45) is 7.33. The second-order valence-electron chi connectivity index (χ2n) is 6.71. The molecule has 1 aliphatic carbocycles. The van der Waals surface area contributed by atoms with Gasteiger partial charge in [0.25, 0.3) is 5.91 Å². The molecule has 160 valence electrons. The van der Waals surface area contributed by atoms with Crippen molar-refractivity contribution >= 4 is 59.1 Å².